The van der Waals surface area contributed by atoms with Crippen LogP contribution >= 0.6 is 0 Å². The minimum Gasteiger partial charge on any atom is -0.494 e. The summed E-state index contributed by atoms with van der Waals surface area (Å²) < 4.78 is 5.77. The third kappa shape index (κ3) is 5.23. The summed E-state index contributed by atoms with van der Waals surface area (Å²) in [5.74, 6) is 0.726. The van der Waals surface area contributed by atoms with Crippen molar-refractivity contribution in [2.24, 2.45) is 0 Å². The summed E-state index contributed by atoms with van der Waals surface area (Å²) in [4.78, 5) is 25.7. The molecule has 1 aliphatic carbocycles. The summed E-state index contributed by atoms with van der Waals surface area (Å²) >= 11 is 0. The van der Waals surface area contributed by atoms with Gasteiger partial charge in [-0.3, -0.25) is 9.59 Å². The monoisotopic (exact) mass is 390 g/mol. The molecular formula is C21H30N2O5. The molecule has 2 atom stereocenters. The standard InChI is InChI=1S/C21H30N2O5/c24-12-11-23(18-4-1-2-5-19(18)25)21(27)6-3-13-28-16-8-9-17-15(14-16)7-10-20(26)22-17/h8-9,14,18-19,24-25H,1-7,10-13H2,(H,22,26). The Morgan fingerprint density at radius 2 is 2.07 bits per heavy atom. The van der Waals surface area contributed by atoms with Crippen LogP contribution in [0.4, 0.5) is 5.69 Å². The highest BCUT2D eigenvalue weighted by Crippen LogP contribution is 2.27. The summed E-state index contributed by atoms with van der Waals surface area (Å²) in [6.07, 6.45) is 5.06. The molecule has 28 heavy (non-hydrogen) atoms. The minimum absolute atomic E-state index is 0.0372. The molecule has 1 aliphatic heterocycles. The number of nitrogens with zero attached hydrogens (tertiary/aromatic N) is 1. The molecule has 3 rings (SSSR count). The highest BCUT2D eigenvalue weighted by atomic mass is 16.5. The van der Waals surface area contributed by atoms with Crippen LogP contribution in [0.15, 0.2) is 18.2 Å². The molecule has 2 amide bonds. The van der Waals surface area contributed by atoms with Gasteiger partial charge in [-0.15, -0.1) is 0 Å². The van der Waals surface area contributed by atoms with Crippen molar-refractivity contribution in [2.45, 2.75) is 63.5 Å². The van der Waals surface area contributed by atoms with E-state index in [4.69, 9.17) is 4.74 Å². The Kier molecular flexibility index (Phi) is 7.28. The average molecular weight is 390 g/mol. The Hall–Kier alpha value is -2.12. The van der Waals surface area contributed by atoms with Gasteiger partial charge in [0, 0.05) is 25.1 Å². The van der Waals surface area contributed by atoms with Crippen LogP contribution in [-0.2, 0) is 16.0 Å². The lowest BCUT2D eigenvalue weighted by Gasteiger charge is -2.37. The molecule has 0 bridgehead atoms. The van der Waals surface area contributed by atoms with Gasteiger partial charge < -0.3 is 25.2 Å². The predicted octanol–water partition coefficient (Wildman–Crippen LogP) is 1.85. The Labute approximate surface area is 165 Å². The van der Waals surface area contributed by atoms with Crippen molar-refractivity contribution in [3.05, 3.63) is 23.8 Å². The van der Waals surface area contributed by atoms with E-state index in [2.05, 4.69) is 5.32 Å². The van der Waals surface area contributed by atoms with E-state index in [1.807, 2.05) is 18.2 Å². The normalized spacial score (nSPS) is 21.6. The number of hydrogen-bond acceptors (Lipinski definition) is 5. The smallest absolute Gasteiger partial charge is 0.224 e. The molecule has 0 saturated heterocycles. The topological polar surface area (TPSA) is 99.1 Å². The van der Waals surface area contributed by atoms with E-state index in [0.29, 0.717) is 38.7 Å². The van der Waals surface area contributed by atoms with E-state index in [0.717, 1.165) is 36.3 Å². The number of fused-ring (bicyclic) bond motifs is 1. The molecule has 0 spiro atoms. The summed E-state index contributed by atoms with van der Waals surface area (Å²) in [5, 5.41) is 22.4. The Morgan fingerprint density at radius 1 is 1.25 bits per heavy atom. The van der Waals surface area contributed by atoms with E-state index in [9.17, 15) is 19.8 Å². The van der Waals surface area contributed by atoms with Crippen LogP contribution in [0.3, 0.4) is 0 Å². The van der Waals surface area contributed by atoms with Gasteiger partial charge >= 0.3 is 0 Å². The molecule has 2 aliphatic rings. The molecule has 2 unspecified atom stereocenters. The van der Waals surface area contributed by atoms with Gasteiger partial charge in [0.1, 0.15) is 5.75 Å². The lowest BCUT2D eigenvalue weighted by molar-refractivity contribution is -0.138. The van der Waals surface area contributed by atoms with Gasteiger partial charge in [-0.25, -0.2) is 0 Å². The minimum atomic E-state index is -0.503. The first kappa shape index (κ1) is 20.6. The first-order valence-corrected chi connectivity index (χ1v) is 10.2. The van der Waals surface area contributed by atoms with E-state index in [1.165, 1.54) is 0 Å². The lowest BCUT2D eigenvalue weighted by Crippen LogP contribution is -2.49. The third-order valence-corrected chi connectivity index (χ3v) is 5.53. The molecule has 0 radical (unpaired) electrons. The number of ether oxygens (including phenoxy) is 1. The second-order valence-electron chi connectivity index (χ2n) is 7.55. The number of aryl methyl sites for hydroxylation is 1. The van der Waals surface area contributed by atoms with Gasteiger partial charge in [0.2, 0.25) is 11.8 Å². The molecule has 7 heteroatoms. The van der Waals surface area contributed by atoms with Gasteiger partial charge in [0.15, 0.2) is 0 Å². The first-order valence-electron chi connectivity index (χ1n) is 10.2. The Bertz CT molecular complexity index is 693. The molecule has 0 aromatic heterocycles. The second kappa shape index (κ2) is 9.89. The number of benzene rings is 1. The maximum Gasteiger partial charge on any atom is 0.224 e. The number of carbonyl (C=O) groups excluding carboxylic acids is 2. The molecule has 7 nitrogen and oxygen atoms in total. The van der Waals surface area contributed by atoms with Gasteiger partial charge in [0.25, 0.3) is 0 Å². The van der Waals surface area contributed by atoms with Crippen molar-refractivity contribution in [3.63, 3.8) is 0 Å². The molecule has 1 fully saturated rings. The molecule has 3 N–H and O–H groups in total. The van der Waals surface area contributed by atoms with Gasteiger partial charge in [-0.05, 0) is 49.4 Å². The van der Waals surface area contributed by atoms with Crippen LogP contribution in [-0.4, -0.2) is 58.8 Å². The molecule has 154 valence electrons. The zero-order chi connectivity index (χ0) is 19.9. The fraction of sp³-hybridized carbons (Fsp3) is 0.619. The average Bonchev–Trinajstić information content (AvgIpc) is 2.70. The van der Waals surface area contributed by atoms with Crippen LogP contribution in [0.5, 0.6) is 5.75 Å². The number of anilines is 1. The van der Waals surface area contributed by atoms with Crippen molar-refractivity contribution >= 4 is 17.5 Å². The number of aliphatic hydroxyl groups is 2. The van der Waals surface area contributed by atoms with Crippen LogP contribution in [0, 0.1) is 0 Å². The number of aliphatic hydroxyl groups excluding tert-OH is 2. The zero-order valence-corrected chi connectivity index (χ0v) is 16.2. The molecule has 1 aromatic carbocycles. The van der Waals surface area contributed by atoms with E-state index < -0.39 is 6.10 Å². The molecule has 1 heterocycles. The van der Waals surface area contributed by atoms with E-state index in [1.54, 1.807) is 4.90 Å². The third-order valence-electron chi connectivity index (χ3n) is 5.53. The van der Waals surface area contributed by atoms with Gasteiger partial charge in [-0.2, -0.15) is 0 Å². The highest BCUT2D eigenvalue weighted by molar-refractivity contribution is 5.94. The van der Waals surface area contributed by atoms with Crippen molar-refractivity contribution < 1.29 is 24.5 Å². The number of carbonyl (C=O) groups is 2. The SMILES string of the molecule is O=C1CCc2cc(OCCCC(=O)N(CCO)C3CCCCC3O)ccc2N1. The quantitative estimate of drug-likeness (QED) is 0.589. The van der Waals surface area contributed by atoms with Crippen molar-refractivity contribution in [1.29, 1.82) is 0 Å². The largest absolute Gasteiger partial charge is 0.494 e. The lowest BCUT2D eigenvalue weighted by atomic mass is 9.91. The highest BCUT2D eigenvalue weighted by Gasteiger charge is 2.31. The number of hydrogen-bond donors (Lipinski definition) is 3. The second-order valence-corrected chi connectivity index (χ2v) is 7.55. The fourth-order valence-electron chi connectivity index (χ4n) is 4.05. The molecule has 1 aromatic rings. The van der Waals surface area contributed by atoms with E-state index >= 15 is 0 Å². The predicted molar refractivity (Wildman–Crippen MR) is 105 cm³/mol. The van der Waals surface area contributed by atoms with Crippen molar-refractivity contribution in [2.75, 3.05) is 25.1 Å². The van der Waals surface area contributed by atoms with Crippen LogP contribution in [0.2, 0.25) is 0 Å². The maximum atomic E-state index is 12.6. The fourth-order valence-corrected chi connectivity index (χ4v) is 4.05. The summed E-state index contributed by atoms with van der Waals surface area (Å²) in [7, 11) is 0. The van der Waals surface area contributed by atoms with Crippen LogP contribution in [0.1, 0.15) is 50.5 Å². The number of rotatable bonds is 8. The first-order chi connectivity index (χ1) is 13.6. The number of nitrogens with one attached hydrogen (secondary N) is 1. The molecule has 1 saturated carbocycles. The van der Waals surface area contributed by atoms with Gasteiger partial charge in [0.05, 0.1) is 25.4 Å². The van der Waals surface area contributed by atoms with Crippen LogP contribution < -0.4 is 10.1 Å². The van der Waals surface area contributed by atoms with E-state index in [-0.39, 0.29) is 31.0 Å². The summed E-state index contributed by atoms with van der Waals surface area (Å²) in [6, 6.07) is 5.42. The Balaban J connectivity index is 1.47. The summed E-state index contributed by atoms with van der Waals surface area (Å²) in [6.45, 7) is 0.576. The van der Waals surface area contributed by atoms with Crippen molar-refractivity contribution in [3.8, 4) is 5.75 Å². The molecular weight excluding hydrogens is 360 g/mol. The number of amides is 2. The van der Waals surface area contributed by atoms with Crippen LogP contribution in [0.25, 0.3) is 0 Å². The van der Waals surface area contributed by atoms with Gasteiger partial charge in [-0.1, -0.05) is 12.8 Å². The summed E-state index contributed by atoms with van der Waals surface area (Å²) in [5.41, 5.74) is 1.90. The van der Waals surface area contributed by atoms with Crippen molar-refractivity contribution in [1.82, 2.24) is 4.90 Å². The maximum absolute atomic E-state index is 12.6. The zero-order valence-electron chi connectivity index (χ0n) is 16.2. The Morgan fingerprint density at radius 3 is 2.86 bits per heavy atom.